The van der Waals surface area contributed by atoms with Crippen LogP contribution in [0.5, 0.6) is 5.75 Å². The molecule has 1 heterocycles. The highest BCUT2D eigenvalue weighted by Gasteiger charge is 2.27. The Bertz CT molecular complexity index is 615. The third-order valence-electron chi connectivity index (χ3n) is 3.48. The van der Waals surface area contributed by atoms with Gasteiger partial charge in [-0.1, -0.05) is 6.07 Å². The summed E-state index contributed by atoms with van der Waals surface area (Å²) in [5.41, 5.74) is 0.612. The van der Waals surface area contributed by atoms with E-state index in [1.54, 1.807) is 17.0 Å². The second-order valence-electron chi connectivity index (χ2n) is 5.13. The van der Waals surface area contributed by atoms with Gasteiger partial charge in [0, 0.05) is 37.3 Å². The van der Waals surface area contributed by atoms with Crippen LogP contribution in [0, 0.1) is 0 Å². The van der Waals surface area contributed by atoms with Crippen LogP contribution in [0.2, 0.25) is 0 Å². The van der Waals surface area contributed by atoms with Crippen LogP contribution in [0.3, 0.4) is 0 Å². The molecule has 1 atom stereocenters. The average Bonchev–Trinajstić information content (AvgIpc) is 2.38. The molecule has 0 spiro atoms. The summed E-state index contributed by atoms with van der Waals surface area (Å²) in [6.07, 6.45) is 0.128. The highest BCUT2D eigenvalue weighted by atomic mass is 32.2. The highest BCUT2D eigenvalue weighted by Crippen LogP contribution is 2.21. The van der Waals surface area contributed by atoms with E-state index >= 15 is 0 Å². The molecule has 6 nitrogen and oxygen atoms in total. The number of carbonyl (C=O) groups is 1. The van der Waals surface area contributed by atoms with E-state index in [0.717, 1.165) is 0 Å². The zero-order valence-electron chi connectivity index (χ0n) is 11.9. The lowest BCUT2D eigenvalue weighted by atomic mass is 10.2. The molecule has 0 aromatic heterocycles. The first-order valence-electron chi connectivity index (χ1n) is 6.94. The molecule has 116 valence electrons. The van der Waals surface area contributed by atoms with Crippen molar-refractivity contribution in [1.29, 1.82) is 0 Å². The van der Waals surface area contributed by atoms with Gasteiger partial charge >= 0.3 is 0 Å². The van der Waals surface area contributed by atoms with Crippen molar-refractivity contribution in [2.45, 2.75) is 19.4 Å². The van der Waals surface area contributed by atoms with Gasteiger partial charge in [-0.2, -0.15) is 0 Å². The fraction of sp³-hybridized carbons (Fsp3) is 0.500. The van der Waals surface area contributed by atoms with Gasteiger partial charge in [0.1, 0.15) is 5.75 Å². The lowest BCUT2D eigenvalue weighted by Gasteiger charge is -2.27. The van der Waals surface area contributed by atoms with Gasteiger partial charge in [-0.15, -0.1) is 0 Å². The number of nitrogens with zero attached hydrogens (tertiary/aromatic N) is 1. The van der Waals surface area contributed by atoms with E-state index < -0.39 is 9.84 Å². The van der Waals surface area contributed by atoms with Crippen molar-refractivity contribution < 1.29 is 18.3 Å². The minimum atomic E-state index is -3.05. The molecule has 1 aliphatic heterocycles. The van der Waals surface area contributed by atoms with E-state index in [-0.39, 0.29) is 35.6 Å². The number of anilines is 1. The molecule has 0 radical (unpaired) electrons. The maximum Gasteiger partial charge on any atom is 0.228 e. The van der Waals surface area contributed by atoms with Crippen LogP contribution in [0.15, 0.2) is 24.3 Å². The largest absolute Gasteiger partial charge is 0.508 e. The number of phenolic OH excluding ortho intramolecular Hbond substituents is 1. The Labute approximate surface area is 124 Å². The quantitative estimate of drug-likeness (QED) is 0.846. The second kappa shape index (κ2) is 6.44. The maximum atomic E-state index is 12.4. The van der Waals surface area contributed by atoms with Gasteiger partial charge in [0.2, 0.25) is 5.91 Å². The Morgan fingerprint density at radius 1 is 1.48 bits per heavy atom. The number of aromatic hydroxyl groups is 1. The third kappa shape index (κ3) is 4.18. The fourth-order valence-corrected chi connectivity index (χ4v) is 3.93. The average molecular weight is 312 g/mol. The third-order valence-corrected chi connectivity index (χ3v) is 5.22. The number of benzene rings is 1. The second-order valence-corrected chi connectivity index (χ2v) is 7.36. The molecule has 0 bridgehead atoms. The Kier molecular flexibility index (Phi) is 4.84. The molecule has 1 aromatic rings. The van der Waals surface area contributed by atoms with Gasteiger partial charge in [0.15, 0.2) is 9.84 Å². The van der Waals surface area contributed by atoms with E-state index in [0.29, 0.717) is 18.8 Å². The van der Waals surface area contributed by atoms with Gasteiger partial charge in [0.25, 0.3) is 0 Å². The Morgan fingerprint density at radius 3 is 2.86 bits per heavy atom. The summed E-state index contributed by atoms with van der Waals surface area (Å²) in [6.45, 7) is 2.69. The number of carbonyl (C=O) groups excluding carboxylic acids is 1. The molecule has 2 N–H and O–H groups in total. The molecule has 1 unspecified atom stereocenters. The van der Waals surface area contributed by atoms with Gasteiger partial charge in [0.05, 0.1) is 11.5 Å². The SMILES string of the molecule is CCN(C(=O)CC1CS(=O)(=O)CCN1)c1cccc(O)c1. The summed E-state index contributed by atoms with van der Waals surface area (Å²) in [5, 5.41) is 12.6. The number of sulfone groups is 1. The van der Waals surface area contributed by atoms with Crippen molar-refractivity contribution in [3.63, 3.8) is 0 Å². The van der Waals surface area contributed by atoms with Crippen LogP contribution >= 0.6 is 0 Å². The van der Waals surface area contributed by atoms with Crippen molar-refractivity contribution in [3.05, 3.63) is 24.3 Å². The normalized spacial score (nSPS) is 20.9. The number of nitrogens with one attached hydrogen (secondary N) is 1. The van der Waals surface area contributed by atoms with Crippen molar-refractivity contribution in [3.8, 4) is 5.75 Å². The summed E-state index contributed by atoms with van der Waals surface area (Å²) in [6, 6.07) is 6.13. The summed E-state index contributed by atoms with van der Waals surface area (Å²) < 4.78 is 23.2. The molecule has 2 rings (SSSR count). The maximum absolute atomic E-state index is 12.4. The predicted octanol–water partition coefficient (Wildman–Crippen LogP) is 0.522. The lowest BCUT2D eigenvalue weighted by Crippen LogP contribution is -2.48. The van der Waals surface area contributed by atoms with E-state index in [1.165, 1.54) is 12.1 Å². The minimum absolute atomic E-state index is 0.00364. The minimum Gasteiger partial charge on any atom is -0.508 e. The van der Waals surface area contributed by atoms with Gasteiger partial charge in [-0.05, 0) is 19.1 Å². The Morgan fingerprint density at radius 2 is 2.24 bits per heavy atom. The molecular formula is C14H20N2O4S. The summed E-state index contributed by atoms with van der Waals surface area (Å²) in [7, 11) is -3.05. The van der Waals surface area contributed by atoms with Gasteiger partial charge in [-0.25, -0.2) is 8.42 Å². The molecule has 1 fully saturated rings. The van der Waals surface area contributed by atoms with Crippen molar-refractivity contribution in [1.82, 2.24) is 5.32 Å². The van der Waals surface area contributed by atoms with Crippen LogP contribution in [-0.2, 0) is 14.6 Å². The van der Waals surface area contributed by atoms with Gasteiger partial charge < -0.3 is 15.3 Å². The molecule has 7 heteroatoms. The topological polar surface area (TPSA) is 86.7 Å². The zero-order chi connectivity index (χ0) is 15.5. The first kappa shape index (κ1) is 15.8. The molecule has 0 aliphatic carbocycles. The molecule has 1 aliphatic rings. The lowest BCUT2D eigenvalue weighted by molar-refractivity contribution is -0.118. The molecule has 21 heavy (non-hydrogen) atoms. The van der Waals surface area contributed by atoms with E-state index in [2.05, 4.69) is 5.32 Å². The zero-order valence-corrected chi connectivity index (χ0v) is 12.8. The summed E-state index contributed by atoms with van der Waals surface area (Å²) >= 11 is 0. The predicted molar refractivity (Wildman–Crippen MR) is 81.2 cm³/mol. The molecule has 1 aromatic carbocycles. The monoisotopic (exact) mass is 312 g/mol. The van der Waals surface area contributed by atoms with E-state index in [1.807, 2.05) is 6.92 Å². The smallest absolute Gasteiger partial charge is 0.228 e. The van der Waals surface area contributed by atoms with Crippen LogP contribution in [-0.4, -0.2) is 50.1 Å². The number of phenols is 1. The first-order chi connectivity index (χ1) is 9.91. The number of rotatable bonds is 4. The van der Waals surface area contributed by atoms with Crippen molar-refractivity contribution >= 4 is 21.4 Å². The number of hydrogen-bond acceptors (Lipinski definition) is 5. The van der Waals surface area contributed by atoms with Crippen LogP contribution in [0.4, 0.5) is 5.69 Å². The van der Waals surface area contributed by atoms with Crippen molar-refractivity contribution in [2.75, 3.05) is 29.5 Å². The highest BCUT2D eigenvalue weighted by molar-refractivity contribution is 7.91. The summed E-state index contributed by atoms with van der Waals surface area (Å²) in [4.78, 5) is 13.9. The van der Waals surface area contributed by atoms with Crippen molar-refractivity contribution in [2.24, 2.45) is 0 Å². The molecular weight excluding hydrogens is 292 g/mol. The summed E-state index contributed by atoms with van der Waals surface area (Å²) in [5.74, 6) is 0.0627. The Hall–Kier alpha value is -1.60. The number of hydrogen-bond donors (Lipinski definition) is 2. The molecule has 0 saturated carbocycles. The Balaban J connectivity index is 2.07. The van der Waals surface area contributed by atoms with Crippen LogP contribution in [0.25, 0.3) is 0 Å². The van der Waals surface area contributed by atoms with Crippen LogP contribution in [0.1, 0.15) is 13.3 Å². The molecule has 1 amide bonds. The standard InChI is InChI=1S/C14H20N2O4S/c1-2-16(12-4-3-5-13(17)9-12)14(18)8-11-10-21(19,20)7-6-15-11/h3-5,9,11,15,17H,2,6-8,10H2,1H3. The number of amides is 1. The molecule has 1 saturated heterocycles. The van der Waals surface area contributed by atoms with Gasteiger partial charge in [-0.3, -0.25) is 4.79 Å². The van der Waals surface area contributed by atoms with E-state index in [4.69, 9.17) is 0 Å². The van der Waals surface area contributed by atoms with E-state index in [9.17, 15) is 18.3 Å². The fourth-order valence-electron chi connectivity index (χ4n) is 2.48. The first-order valence-corrected chi connectivity index (χ1v) is 8.76. The van der Waals surface area contributed by atoms with Crippen LogP contribution < -0.4 is 10.2 Å².